The zero-order chi connectivity index (χ0) is 14.9. The first-order valence-electron chi connectivity index (χ1n) is 6.92. The Morgan fingerprint density at radius 3 is 2.20 bits per heavy atom. The first-order valence-corrected chi connectivity index (χ1v) is 7.71. The minimum absolute atomic E-state index is 0.0308. The first kappa shape index (κ1) is 15.3. The van der Waals surface area contributed by atoms with Crippen LogP contribution in [-0.4, -0.2) is 0 Å². The summed E-state index contributed by atoms with van der Waals surface area (Å²) < 4.78 is 1.14. The molecule has 0 saturated carbocycles. The third-order valence-corrected chi connectivity index (χ3v) is 5.03. The molecule has 0 heterocycles. The molecule has 0 aromatic heterocycles. The standard InChI is InChI=1S/C18H22BrN/c1-12-11-16(19)13(2)10-15(12)17(20)18(3,4)14-8-6-5-7-9-14/h5-11,17H,20H2,1-4H3. The molecule has 1 unspecified atom stereocenters. The molecule has 2 N–H and O–H groups in total. The van der Waals surface area contributed by atoms with Crippen molar-refractivity contribution in [3.63, 3.8) is 0 Å². The van der Waals surface area contributed by atoms with Gasteiger partial charge in [0.2, 0.25) is 0 Å². The molecule has 1 atom stereocenters. The van der Waals surface area contributed by atoms with E-state index in [-0.39, 0.29) is 11.5 Å². The van der Waals surface area contributed by atoms with E-state index in [1.54, 1.807) is 0 Å². The molecular formula is C18H22BrN. The van der Waals surface area contributed by atoms with E-state index in [9.17, 15) is 0 Å². The molecule has 2 aromatic carbocycles. The molecule has 2 aromatic rings. The number of aryl methyl sites for hydroxylation is 2. The van der Waals surface area contributed by atoms with Crippen LogP contribution in [0.25, 0.3) is 0 Å². The molecule has 0 bridgehead atoms. The van der Waals surface area contributed by atoms with Gasteiger partial charge >= 0.3 is 0 Å². The zero-order valence-corrected chi connectivity index (χ0v) is 14.2. The lowest BCUT2D eigenvalue weighted by Gasteiger charge is -2.33. The average molecular weight is 332 g/mol. The molecule has 106 valence electrons. The van der Waals surface area contributed by atoms with E-state index in [1.807, 2.05) is 6.07 Å². The van der Waals surface area contributed by atoms with Crippen LogP contribution in [0.1, 0.15) is 42.1 Å². The van der Waals surface area contributed by atoms with Gasteiger partial charge in [0.25, 0.3) is 0 Å². The molecule has 0 aliphatic rings. The maximum Gasteiger partial charge on any atom is 0.0390 e. The van der Waals surface area contributed by atoms with Crippen LogP contribution >= 0.6 is 15.9 Å². The highest BCUT2D eigenvalue weighted by Gasteiger charge is 2.30. The molecule has 0 radical (unpaired) electrons. The van der Waals surface area contributed by atoms with E-state index in [2.05, 4.69) is 80.0 Å². The van der Waals surface area contributed by atoms with Crippen molar-refractivity contribution in [3.8, 4) is 0 Å². The van der Waals surface area contributed by atoms with Crippen LogP contribution in [0, 0.1) is 13.8 Å². The van der Waals surface area contributed by atoms with Gasteiger partial charge in [0, 0.05) is 15.9 Å². The topological polar surface area (TPSA) is 26.0 Å². The second-order valence-corrected chi connectivity index (χ2v) is 6.88. The number of nitrogens with two attached hydrogens (primary N) is 1. The van der Waals surface area contributed by atoms with Gasteiger partial charge in [-0.2, -0.15) is 0 Å². The molecule has 0 fully saturated rings. The van der Waals surface area contributed by atoms with Gasteiger partial charge in [0.15, 0.2) is 0 Å². The fourth-order valence-corrected chi connectivity index (χ4v) is 3.03. The number of hydrogen-bond acceptors (Lipinski definition) is 1. The van der Waals surface area contributed by atoms with Gasteiger partial charge in [-0.05, 0) is 42.2 Å². The fourth-order valence-electron chi connectivity index (χ4n) is 2.57. The maximum absolute atomic E-state index is 6.61. The summed E-state index contributed by atoms with van der Waals surface area (Å²) in [5.74, 6) is 0. The van der Waals surface area contributed by atoms with E-state index >= 15 is 0 Å². The highest BCUT2D eigenvalue weighted by molar-refractivity contribution is 9.10. The lowest BCUT2D eigenvalue weighted by molar-refractivity contribution is 0.419. The van der Waals surface area contributed by atoms with Crippen LogP contribution in [0.4, 0.5) is 0 Å². The summed E-state index contributed by atoms with van der Waals surface area (Å²) in [4.78, 5) is 0. The van der Waals surface area contributed by atoms with Crippen LogP contribution in [-0.2, 0) is 5.41 Å². The zero-order valence-electron chi connectivity index (χ0n) is 12.6. The Morgan fingerprint density at radius 2 is 1.60 bits per heavy atom. The van der Waals surface area contributed by atoms with E-state index in [0.717, 1.165) is 4.47 Å². The molecule has 2 rings (SSSR count). The summed E-state index contributed by atoms with van der Waals surface area (Å²) in [6, 6.07) is 14.8. The molecule has 20 heavy (non-hydrogen) atoms. The third-order valence-electron chi connectivity index (χ3n) is 4.18. The van der Waals surface area contributed by atoms with Crippen molar-refractivity contribution in [1.82, 2.24) is 0 Å². The second-order valence-electron chi connectivity index (χ2n) is 6.02. The van der Waals surface area contributed by atoms with E-state index < -0.39 is 0 Å². The first-order chi connectivity index (χ1) is 9.34. The Labute approximate surface area is 130 Å². The molecular weight excluding hydrogens is 310 g/mol. The number of rotatable bonds is 3. The predicted molar refractivity (Wildman–Crippen MR) is 90.0 cm³/mol. The fraction of sp³-hybridized carbons (Fsp3) is 0.333. The summed E-state index contributed by atoms with van der Waals surface area (Å²) in [5.41, 5.74) is 11.5. The monoisotopic (exact) mass is 331 g/mol. The van der Waals surface area contributed by atoms with E-state index in [1.165, 1.54) is 22.3 Å². The Hall–Kier alpha value is -1.12. The van der Waals surface area contributed by atoms with Crippen molar-refractivity contribution in [1.29, 1.82) is 0 Å². The highest BCUT2D eigenvalue weighted by atomic mass is 79.9. The number of hydrogen-bond donors (Lipinski definition) is 1. The van der Waals surface area contributed by atoms with Gasteiger partial charge in [0.05, 0.1) is 0 Å². The normalized spacial score (nSPS) is 13.3. The lowest BCUT2D eigenvalue weighted by atomic mass is 9.74. The Morgan fingerprint density at radius 1 is 1.00 bits per heavy atom. The molecule has 0 aliphatic carbocycles. The largest absolute Gasteiger partial charge is 0.323 e. The summed E-state index contributed by atoms with van der Waals surface area (Å²) in [6.45, 7) is 8.66. The van der Waals surface area contributed by atoms with Crippen LogP contribution in [0.2, 0.25) is 0 Å². The third kappa shape index (κ3) is 2.82. The summed E-state index contributed by atoms with van der Waals surface area (Å²) >= 11 is 3.58. The van der Waals surface area contributed by atoms with Crippen molar-refractivity contribution in [3.05, 3.63) is 69.2 Å². The smallest absolute Gasteiger partial charge is 0.0390 e. The highest BCUT2D eigenvalue weighted by Crippen LogP contribution is 2.37. The van der Waals surface area contributed by atoms with Crippen molar-refractivity contribution >= 4 is 15.9 Å². The van der Waals surface area contributed by atoms with Gasteiger partial charge in [0.1, 0.15) is 0 Å². The van der Waals surface area contributed by atoms with Gasteiger partial charge in [-0.3, -0.25) is 0 Å². The van der Waals surface area contributed by atoms with Gasteiger partial charge in [-0.1, -0.05) is 66.2 Å². The Bertz CT molecular complexity index is 602. The molecule has 1 nitrogen and oxygen atoms in total. The quantitative estimate of drug-likeness (QED) is 0.837. The van der Waals surface area contributed by atoms with Crippen molar-refractivity contribution in [2.45, 2.75) is 39.2 Å². The molecule has 0 spiro atoms. The summed E-state index contributed by atoms with van der Waals surface area (Å²) in [6.07, 6.45) is 0. The van der Waals surface area contributed by atoms with Crippen LogP contribution < -0.4 is 5.73 Å². The Kier molecular flexibility index (Phi) is 4.36. The summed E-state index contributed by atoms with van der Waals surface area (Å²) in [7, 11) is 0. The van der Waals surface area contributed by atoms with Gasteiger partial charge in [-0.25, -0.2) is 0 Å². The minimum atomic E-state index is -0.105. The van der Waals surface area contributed by atoms with Crippen molar-refractivity contribution in [2.75, 3.05) is 0 Å². The van der Waals surface area contributed by atoms with Crippen LogP contribution in [0.15, 0.2) is 46.9 Å². The second kappa shape index (κ2) is 5.71. The van der Waals surface area contributed by atoms with Crippen molar-refractivity contribution < 1.29 is 0 Å². The molecule has 0 saturated heterocycles. The minimum Gasteiger partial charge on any atom is -0.323 e. The van der Waals surface area contributed by atoms with Crippen LogP contribution in [0.5, 0.6) is 0 Å². The number of benzene rings is 2. The molecule has 2 heteroatoms. The van der Waals surface area contributed by atoms with E-state index in [4.69, 9.17) is 5.73 Å². The van der Waals surface area contributed by atoms with Crippen molar-refractivity contribution in [2.24, 2.45) is 5.73 Å². The maximum atomic E-state index is 6.61. The molecule has 0 aliphatic heterocycles. The van der Waals surface area contributed by atoms with Gasteiger partial charge < -0.3 is 5.73 Å². The van der Waals surface area contributed by atoms with Crippen LogP contribution in [0.3, 0.4) is 0 Å². The number of halogens is 1. The molecule has 0 amide bonds. The Balaban J connectivity index is 2.45. The van der Waals surface area contributed by atoms with E-state index in [0.29, 0.717) is 0 Å². The average Bonchev–Trinajstić information content (AvgIpc) is 2.43. The lowest BCUT2D eigenvalue weighted by Crippen LogP contribution is -2.33. The predicted octanol–water partition coefficient (Wildman–Crippen LogP) is 5.04. The van der Waals surface area contributed by atoms with Gasteiger partial charge in [-0.15, -0.1) is 0 Å². The summed E-state index contributed by atoms with van der Waals surface area (Å²) in [5, 5.41) is 0. The SMILES string of the molecule is Cc1cc(C(N)C(C)(C)c2ccccc2)c(C)cc1Br.